The maximum Gasteiger partial charge on any atom is 0.338 e. The van der Waals surface area contributed by atoms with E-state index in [1.165, 1.54) is 20.3 Å². The van der Waals surface area contributed by atoms with Crippen LogP contribution in [-0.2, 0) is 22.4 Å². The Morgan fingerprint density at radius 3 is 2.11 bits per heavy atom. The summed E-state index contributed by atoms with van der Waals surface area (Å²) >= 11 is 0. The van der Waals surface area contributed by atoms with Crippen LogP contribution in [0.5, 0.6) is 11.5 Å². The molecule has 1 N–H and O–H groups in total. The van der Waals surface area contributed by atoms with Crippen LogP contribution in [0.4, 0.5) is 5.69 Å². The Morgan fingerprint density at radius 2 is 1.56 bits per heavy atom. The van der Waals surface area contributed by atoms with Gasteiger partial charge in [0.15, 0.2) is 18.1 Å². The fourth-order valence-electron chi connectivity index (χ4n) is 2.76. The lowest BCUT2D eigenvalue weighted by atomic mass is 10.0. The number of methoxy groups -OCH3 is 2. The number of hydrogen-bond acceptors (Lipinski definition) is 5. The van der Waals surface area contributed by atoms with Crippen LogP contribution in [0.2, 0.25) is 0 Å². The molecule has 2 rings (SSSR count). The molecule has 6 heteroatoms. The van der Waals surface area contributed by atoms with Gasteiger partial charge in [0, 0.05) is 5.69 Å². The molecule has 1 amide bonds. The third-order valence-corrected chi connectivity index (χ3v) is 4.22. The van der Waals surface area contributed by atoms with Crippen molar-refractivity contribution in [3.05, 3.63) is 53.1 Å². The number of hydrogen-bond donors (Lipinski definition) is 1. The van der Waals surface area contributed by atoms with Crippen LogP contribution in [0.25, 0.3) is 0 Å². The van der Waals surface area contributed by atoms with E-state index in [1.54, 1.807) is 12.1 Å². The average molecular weight is 371 g/mol. The lowest BCUT2D eigenvalue weighted by Gasteiger charge is -2.14. The van der Waals surface area contributed by atoms with Crippen LogP contribution in [0, 0.1) is 0 Å². The lowest BCUT2D eigenvalue weighted by molar-refractivity contribution is -0.119. The Labute approximate surface area is 159 Å². The van der Waals surface area contributed by atoms with E-state index < -0.39 is 5.97 Å². The molecular formula is C21H25NO5. The Balaban J connectivity index is 2.03. The van der Waals surface area contributed by atoms with E-state index >= 15 is 0 Å². The second kappa shape index (κ2) is 9.62. The van der Waals surface area contributed by atoms with Crippen LogP contribution in [-0.4, -0.2) is 32.7 Å². The number of rotatable bonds is 8. The van der Waals surface area contributed by atoms with E-state index in [1.807, 2.05) is 32.0 Å². The van der Waals surface area contributed by atoms with Gasteiger partial charge in [-0.15, -0.1) is 0 Å². The van der Waals surface area contributed by atoms with Gasteiger partial charge in [-0.1, -0.05) is 32.0 Å². The highest BCUT2D eigenvalue weighted by molar-refractivity contribution is 5.96. The van der Waals surface area contributed by atoms with E-state index in [0.717, 1.165) is 29.7 Å². The van der Waals surface area contributed by atoms with E-state index in [2.05, 4.69) is 5.32 Å². The predicted octanol–water partition coefficient (Wildman–Crippen LogP) is 3.62. The molecule has 0 aliphatic carbocycles. The van der Waals surface area contributed by atoms with Gasteiger partial charge < -0.3 is 19.5 Å². The van der Waals surface area contributed by atoms with Gasteiger partial charge in [0.25, 0.3) is 5.91 Å². The number of benzene rings is 2. The number of aryl methyl sites for hydroxylation is 2. The van der Waals surface area contributed by atoms with Crippen molar-refractivity contribution in [2.24, 2.45) is 0 Å². The van der Waals surface area contributed by atoms with Crippen LogP contribution in [0.3, 0.4) is 0 Å². The number of nitrogens with one attached hydrogen (secondary N) is 1. The van der Waals surface area contributed by atoms with Gasteiger partial charge in [0.05, 0.1) is 19.8 Å². The molecule has 0 aliphatic rings. The molecule has 2 aromatic rings. The molecule has 0 spiro atoms. The topological polar surface area (TPSA) is 73.9 Å². The summed E-state index contributed by atoms with van der Waals surface area (Å²) in [6, 6.07) is 10.6. The summed E-state index contributed by atoms with van der Waals surface area (Å²) in [4.78, 5) is 24.5. The summed E-state index contributed by atoms with van der Waals surface area (Å²) in [5, 5.41) is 2.87. The van der Waals surface area contributed by atoms with Crippen LogP contribution in [0.1, 0.15) is 35.3 Å². The highest BCUT2D eigenvalue weighted by Gasteiger charge is 2.15. The second-order valence-corrected chi connectivity index (χ2v) is 5.85. The Bertz CT molecular complexity index is 794. The highest BCUT2D eigenvalue weighted by Crippen LogP contribution is 2.28. The Hall–Kier alpha value is -3.02. The molecule has 0 unspecified atom stereocenters. The minimum absolute atomic E-state index is 0.281. The van der Waals surface area contributed by atoms with Crippen molar-refractivity contribution in [2.45, 2.75) is 26.7 Å². The predicted molar refractivity (Wildman–Crippen MR) is 104 cm³/mol. The van der Waals surface area contributed by atoms with E-state index in [4.69, 9.17) is 14.2 Å². The Morgan fingerprint density at radius 1 is 0.926 bits per heavy atom. The van der Waals surface area contributed by atoms with Crippen molar-refractivity contribution in [3.63, 3.8) is 0 Å². The zero-order chi connectivity index (χ0) is 19.8. The number of carbonyl (C=O) groups excluding carboxylic acids is 2. The molecule has 0 aliphatic heterocycles. The van der Waals surface area contributed by atoms with Gasteiger partial charge in [-0.05, 0) is 42.2 Å². The number of para-hydroxylation sites is 1. The molecule has 6 nitrogen and oxygen atoms in total. The first-order valence-corrected chi connectivity index (χ1v) is 8.83. The molecule has 0 aromatic heterocycles. The zero-order valence-electron chi connectivity index (χ0n) is 16.1. The van der Waals surface area contributed by atoms with E-state index in [9.17, 15) is 9.59 Å². The lowest BCUT2D eigenvalue weighted by Crippen LogP contribution is -2.22. The summed E-state index contributed by atoms with van der Waals surface area (Å²) in [6.45, 7) is 3.69. The minimum atomic E-state index is -0.606. The first-order valence-electron chi connectivity index (χ1n) is 8.83. The highest BCUT2D eigenvalue weighted by atomic mass is 16.5. The maximum atomic E-state index is 12.3. The maximum absolute atomic E-state index is 12.3. The SMILES string of the molecule is CCc1cccc(CC)c1NC(=O)COC(=O)c1ccc(OC)c(OC)c1. The number of amides is 1. The normalized spacial score (nSPS) is 10.2. The van der Waals surface area contributed by atoms with E-state index in [0.29, 0.717) is 11.5 Å². The van der Waals surface area contributed by atoms with Crippen molar-refractivity contribution in [2.75, 3.05) is 26.1 Å². The molecule has 2 aromatic carbocycles. The van der Waals surface area contributed by atoms with Crippen molar-refractivity contribution >= 4 is 17.6 Å². The summed E-state index contributed by atoms with van der Waals surface area (Å²) in [7, 11) is 3.00. The number of ether oxygens (including phenoxy) is 3. The second-order valence-electron chi connectivity index (χ2n) is 5.85. The van der Waals surface area contributed by atoms with Crippen molar-refractivity contribution in [1.82, 2.24) is 0 Å². The third-order valence-electron chi connectivity index (χ3n) is 4.22. The third kappa shape index (κ3) is 5.00. The summed E-state index contributed by atoms with van der Waals surface area (Å²) in [5.74, 6) is -0.0547. The van der Waals surface area contributed by atoms with E-state index in [-0.39, 0.29) is 18.1 Å². The van der Waals surface area contributed by atoms with Crippen LogP contribution >= 0.6 is 0 Å². The zero-order valence-corrected chi connectivity index (χ0v) is 16.1. The van der Waals surface area contributed by atoms with Crippen molar-refractivity contribution < 1.29 is 23.8 Å². The molecule has 0 heterocycles. The van der Waals surface area contributed by atoms with Gasteiger partial charge in [-0.3, -0.25) is 4.79 Å². The standard InChI is InChI=1S/C21H25NO5/c1-5-14-8-7-9-15(6-2)20(14)22-19(23)13-27-21(24)16-10-11-17(25-3)18(12-16)26-4/h7-12H,5-6,13H2,1-4H3,(H,22,23). The fraction of sp³-hybridized carbons (Fsp3) is 0.333. The van der Waals surface area contributed by atoms with Crippen molar-refractivity contribution in [3.8, 4) is 11.5 Å². The molecule has 0 fully saturated rings. The number of anilines is 1. The molecule has 0 radical (unpaired) electrons. The smallest absolute Gasteiger partial charge is 0.338 e. The summed E-state index contributed by atoms with van der Waals surface area (Å²) in [5.41, 5.74) is 3.18. The number of esters is 1. The molecule has 0 saturated carbocycles. The van der Waals surface area contributed by atoms with Gasteiger partial charge in [0.2, 0.25) is 0 Å². The summed E-state index contributed by atoms with van der Waals surface area (Å²) in [6.07, 6.45) is 1.60. The molecular weight excluding hydrogens is 346 g/mol. The van der Waals surface area contributed by atoms with Crippen LogP contribution in [0.15, 0.2) is 36.4 Å². The molecule has 0 bridgehead atoms. The molecule has 0 atom stereocenters. The van der Waals surface area contributed by atoms with Gasteiger partial charge in [0.1, 0.15) is 0 Å². The van der Waals surface area contributed by atoms with Crippen molar-refractivity contribution in [1.29, 1.82) is 0 Å². The molecule has 0 saturated heterocycles. The van der Waals surface area contributed by atoms with Gasteiger partial charge >= 0.3 is 5.97 Å². The summed E-state index contributed by atoms with van der Waals surface area (Å²) < 4.78 is 15.4. The number of carbonyl (C=O) groups is 2. The minimum Gasteiger partial charge on any atom is -0.493 e. The van der Waals surface area contributed by atoms with Gasteiger partial charge in [-0.25, -0.2) is 4.79 Å². The first kappa shape index (κ1) is 20.3. The quantitative estimate of drug-likeness (QED) is 0.718. The van der Waals surface area contributed by atoms with Gasteiger partial charge in [-0.2, -0.15) is 0 Å². The van der Waals surface area contributed by atoms with Crippen LogP contribution < -0.4 is 14.8 Å². The molecule has 27 heavy (non-hydrogen) atoms. The average Bonchev–Trinajstić information content (AvgIpc) is 2.71. The fourth-order valence-corrected chi connectivity index (χ4v) is 2.76. The monoisotopic (exact) mass is 371 g/mol. The molecule has 144 valence electrons. The Kier molecular flexibility index (Phi) is 7.23. The first-order chi connectivity index (χ1) is 13.0. The largest absolute Gasteiger partial charge is 0.493 e.